The number of alkyl halides is 1. The fourth-order valence-electron chi connectivity index (χ4n) is 0.925. The lowest BCUT2D eigenvalue weighted by Crippen LogP contribution is -2.12. The summed E-state index contributed by atoms with van der Waals surface area (Å²) in [5.41, 5.74) is 4.98. The van der Waals surface area contributed by atoms with Crippen molar-refractivity contribution in [2.24, 2.45) is 5.73 Å². The number of aromatic nitrogens is 2. The highest BCUT2D eigenvalue weighted by molar-refractivity contribution is 6.20. The van der Waals surface area contributed by atoms with E-state index >= 15 is 0 Å². The zero-order valence-corrected chi connectivity index (χ0v) is 9.12. The quantitative estimate of drug-likeness (QED) is 0.565. The van der Waals surface area contributed by atoms with Gasteiger partial charge in [0.25, 0.3) is 0 Å². The van der Waals surface area contributed by atoms with Gasteiger partial charge in [-0.2, -0.15) is 0 Å². The molecule has 3 N–H and O–H groups in total. The molecule has 0 fully saturated rings. The molecule has 1 amide bonds. The number of hydrogen-bond acceptors (Lipinski definition) is 5. The number of anilines is 1. The Morgan fingerprint density at radius 3 is 2.93 bits per heavy atom. The summed E-state index contributed by atoms with van der Waals surface area (Å²) < 4.78 is 5.17. The number of carbonyl (C=O) groups excluding carboxylic acids is 1. The highest BCUT2D eigenvalue weighted by Gasteiger charge is 2.10. The van der Waals surface area contributed by atoms with E-state index in [0.29, 0.717) is 31.3 Å². The minimum atomic E-state index is -0.322. The van der Waals surface area contributed by atoms with Crippen molar-refractivity contribution in [1.29, 1.82) is 0 Å². The standard InChI is InChI=1S/C8H13ClN4O2/c1-5(9)7-12-13-8(15-7)11-4-2-3-6(10)14/h5H,2-4H2,1H3,(H2,10,14)(H,11,13). The lowest BCUT2D eigenvalue weighted by atomic mass is 10.3. The van der Waals surface area contributed by atoms with Crippen molar-refractivity contribution in [3.05, 3.63) is 5.89 Å². The Morgan fingerprint density at radius 1 is 1.67 bits per heavy atom. The first-order valence-corrected chi connectivity index (χ1v) is 5.03. The molecule has 0 aliphatic rings. The van der Waals surface area contributed by atoms with E-state index in [4.69, 9.17) is 21.8 Å². The van der Waals surface area contributed by atoms with Crippen LogP contribution >= 0.6 is 11.6 Å². The lowest BCUT2D eigenvalue weighted by molar-refractivity contribution is -0.118. The zero-order valence-electron chi connectivity index (χ0n) is 8.36. The third kappa shape index (κ3) is 4.16. The monoisotopic (exact) mass is 232 g/mol. The molecule has 0 aliphatic heterocycles. The molecule has 0 aliphatic carbocycles. The molecule has 1 heterocycles. The highest BCUT2D eigenvalue weighted by Crippen LogP contribution is 2.18. The molecular weight excluding hydrogens is 220 g/mol. The molecule has 7 heteroatoms. The van der Waals surface area contributed by atoms with Crippen LogP contribution in [0.5, 0.6) is 0 Å². The van der Waals surface area contributed by atoms with Gasteiger partial charge in [0.15, 0.2) is 0 Å². The molecule has 1 unspecified atom stereocenters. The van der Waals surface area contributed by atoms with E-state index in [-0.39, 0.29) is 11.3 Å². The number of nitrogens with zero attached hydrogens (tertiary/aromatic N) is 2. The molecule has 0 bridgehead atoms. The Bertz CT molecular complexity index is 326. The first kappa shape index (κ1) is 11.8. The van der Waals surface area contributed by atoms with Crippen LogP contribution in [0.25, 0.3) is 0 Å². The Labute approximate surface area is 92.2 Å². The predicted octanol–water partition coefficient (Wildman–Crippen LogP) is 1.05. The Morgan fingerprint density at radius 2 is 2.40 bits per heavy atom. The van der Waals surface area contributed by atoms with Gasteiger partial charge in [-0.15, -0.1) is 16.7 Å². The van der Waals surface area contributed by atoms with Gasteiger partial charge in [0.2, 0.25) is 11.8 Å². The zero-order chi connectivity index (χ0) is 11.3. The number of halogens is 1. The normalized spacial score (nSPS) is 12.4. The van der Waals surface area contributed by atoms with Gasteiger partial charge in [-0.3, -0.25) is 4.79 Å². The SMILES string of the molecule is CC(Cl)c1nnc(NCCCC(N)=O)o1. The number of nitrogens with two attached hydrogens (primary N) is 1. The summed E-state index contributed by atoms with van der Waals surface area (Å²) in [6.45, 7) is 2.30. The number of amides is 1. The van der Waals surface area contributed by atoms with E-state index in [1.165, 1.54) is 0 Å². The van der Waals surface area contributed by atoms with Crippen LogP contribution in [0.15, 0.2) is 4.42 Å². The van der Waals surface area contributed by atoms with Gasteiger partial charge < -0.3 is 15.5 Å². The lowest BCUT2D eigenvalue weighted by Gasteiger charge is -1.98. The van der Waals surface area contributed by atoms with E-state index < -0.39 is 0 Å². The molecule has 0 radical (unpaired) electrons. The minimum Gasteiger partial charge on any atom is -0.407 e. The molecule has 0 saturated carbocycles. The topological polar surface area (TPSA) is 94.0 Å². The fraction of sp³-hybridized carbons (Fsp3) is 0.625. The van der Waals surface area contributed by atoms with Crippen molar-refractivity contribution < 1.29 is 9.21 Å². The van der Waals surface area contributed by atoms with E-state index in [9.17, 15) is 4.79 Å². The second-order valence-corrected chi connectivity index (χ2v) is 3.71. The van der Waals surface area contributed by atoms with Crippen molar-refractivity contribution in [2.75, 3.05) is 11.9 Å². The largest absolute Gasteiger partial charge is 0.407 e. The number of hydrogen-bond donors (Lipinski definition) is 2. The molecule has 15 heavy (non-hydrogen) atoms. The van der Waals surface area contributed by atoms with Crippen LogP contribution in [0.3, 0.4) is 0 Å². The Balaban J connectivity index is 2.28. The Hall–Kier alpha value is -1.30. The van der Waals surface area contributed by atoms with Crippen LogP contribution in [0.2, 0.25) is 0 Å². The third-order valence-corrected chi connectivity index (χ3v) is 1.84. The van der Waals surface area contributed by atoms with Crippen LogP contribution in [0.4, 0.5) is 6.01 Å². The molecule has 0 aromatic carbocycles. The van der Waals surface area contributed by atoms with Gasteiger partial charge in [-0.05, 0) is 13.3 Å². The first-order chi connectivity index (χ1) is 7.09. The molecule has 1 atom stereocenters. The van der Waals surface area contributed by atoms with Crippen LogP contribution in [-0.4, -0.2) is 22.6 Å². The van der Waals surface area contributed by atoms with E-state index in [1.54, 1.807) is 6.92 Å². The molecule has 84 valence electrons. The van der Waals surface area contributed by atoms with E-state index in [0.717, 1.165) is 0 Å². The third-order valence-electron chi connectivity index (χ3n) is 1.66. The van der Waals surface area contributed by atoms with Crippen LogP contribution in [-0.2, 0) is 4.79 Å². The van der Waals surface area contributed by atoms with Crippen molar-refractivity contribution in [3.8, 4) is 0 Å². The molecule has 0 saturated heterocycles. The molecule has 0 spiro atoms. The predicted molar refractivity (Wildman–Crippen MR) is 55.5 cm³/mol. The second kappa shape index (κ2) is 5.55. The molecule has 1 aromatic heterocycles. The smallest absolute Gasteiger partial charge is 0.315 e. The summed E-state index contributed by atoms with van der Waals surface area (Å²) in [6, 6.07) is 0.307. The van der Waals surface area contributed by atoms with Crippen molar-refractivity contribution in [2.45, 2.75) is 25.1 Å². The number of primary amides is 1. The maximum atomic E-state index is 10.4. The van der Waals surface area contributed by atoms with Crippen molar-refractivity contribution in [1.82, 2.24) is 10.2 Å². The van der Waals surface area contributed by atoms with Crippen molar-refractivity contribution in [3.63, 3.8) is 0 Å². The fourth-order valence-corrected chi connectivity index (χ4v) is 1.01. The average Bonchev–Trinajstić information content (AvgIpc) is 2.60. The maximum absolute atomic E-state index is 10.4. The molecule has 1 aromatic rings. The summed E-state index contributed by atoms with van der Waals surface area (Å²) in [5.74, 6) is 0.0477. The van der Waals surface area contributed by atoms with Crippen LogP contribution < -0.4 is 11.1 Å². The van der Waals surface area contributed by atoms with Crippen molar-refractivity contribution >= 4 is 23.5 Å². The van der Waals surface area contributed by atoms with Gasteiger partial charge in [0.05, 0.1) is 0 Å². The summed E-state index contributed by atoms with van der Waals surface area (Å²) >= 11 is 5.73. The van der Waals surface area contributed by atoms with E-state index in [2.05, 4.69) is 15.5 Å². The number of nitrogens with one attached hydrogen (secondary N) is 1. The minimum absolute atomic E-state index is 0.307. The van der Waals surface area contributed by atoms with Gasteiger partial charge >= 0.3 is 6.01 Å². The first-order valence-electron chi connectivity index (χ1n) is 4.59. The summed E-state index contributed by atoms with van der Waals surface area (Å²) in [6.07, 6.45) is 0.962. The van der Waals surface area contributed by atoms with Gasteiger partial charge in [0, 0.05) is 13.0 Å². The van der Waals surface area contributed by atoms with Gasteiger partial charge in [0.1, 0.15) is 5.38 Å². The number of carbonyl (C=O) groups is 1. The summed E-state index contributed by atoms with van der Waals surface area (Å²) in [7, 11) is 0. The van der Waals surface area contributed by atoms with E-state index in [1.807, 2.05) is 0 Å². The van der Waals surface area contributed by atoms with Gasteiger partial charge in [-0.25, -0.2) is 0 Å². The summed E-state index contributed by atoms with van der Waals surface area (Å²) in [4.78, 5) is 10.4. The highest BCUT2D eigenvalue weighted by atomic mass is 35.5. The molecule has 1 rings (SSSR count). The molecular formula is C8H13ClN4O2. The van der Waals surface area contributed by atoms with Crippen LogP contribution in [0.1, 0.15) is 31.0 Å². The second-order valence-electron chi connectivity index (χ2n) is 3.06. The molecule has 6 nitrogen and oxygen atoms in total. The summed E-state index contributed by atoms with van der Waals surface area (Å²) in [5, 5.41) is 10.0. The van der Waals surface area contributed by atoms with Crippen LogP contribution in [0, 0.1) is 0 Å². The Kier molecular flexibility index (Phi) is 4.36. The number of rotatable bonds is 6. The average molecular weight is 233 g/mol. The maximum Gasteiger partial charge on any atom is 0.315 e. The van der Waals surface area contributed by atoms with Gasteiger partial charge in [-0.1, -0.05) is 5.10 Å².